The predicted octanol–water partition coefficient (Wildman–Crippen LogP) is 2.37. The molecule has 0 aliphatic heterocycles. The molecule has 2 aromatic rings. The molecular weight excluding hydrogens is 372 g/mol. The lowest BCUT2D eigenvalue weighted by Gasteiger charge is -2.27. The van der Waals surface area contributed by atoms with Crippen molar-refractivity contribution in [1.82, 2.24) is 20.1 Å². The molecule has 1 aromatic heterocycles. The Hall–Kier alpha value is -1.96. The summed E-state index contributed by atoms with van der Waals surface area (Å²) in [6.45, 7) is 5.65. The molecule has 0 unspecified atom stereocenters. The van der Waals surface area contributed by atoms with Gasteiger partial charge in [0.25, 0.3) is 5.56 Å². The van der Waals surface area contributed by atoms with Gasteiger partial charge < -0.3 is 24.8 Å². The zero-order chi connectivity index (χ0) is 20.5. The van der Waals surface area contributed by atoms with Crippen LogP contribution in [0.3, 0.4) is 0 Å². The normalized spacial score (nSPS) is 11.2. The van der Waals surface area contributed by atoms with Crippen LogP contribution in [0.25, 0.3) is 10.9 Å². The van der Waals surface area contributed by atoms with Gasteiger partial charge in [0, 0.05) is 44.4 Å². The highest BCUT2D eigenvalue weighted by Gasteiger charge is 2.13. The summed E-state index contributed by atoms with van der Waals surface area (Å²) in [6, 6.07) is 8.16. The van der Waals surface area contributed by atoms with Crippen LogP contribution in [-0.2, 0) is 17.7 Å². The Kier molecular flexibility index (Phi) is 8.89. The minimum atomic E-state index is -0.0613. The van der Waals surface area contributed by atoms with E-state index in [0.29, 0.717) is 18.3 Å². The van der Waals surface area contributed by atoms with Crippen LogP contribution >= 0.6 is 12.2 Å². The zero-order valence-corrected chi connectivity index (χ0v) is 18.2. The Labute approximate surface area is 172 Å². The number of aryl methyl sites for hydroxylation is 1. The maximum atomic E-state index is 12.6. The van der Waals surface area contributed by atoms with Crippen molar-refractivity contribution >= 4 is 28.2 Å². The molecule has 0 saturated carbocycles. The second-order valence-corrected chi connectivity index (χ2v) is 7.59. The number of hydrogen-bond donors (Lipinski definition) is 2. The van der Waals surface area contributed by atoms with Gasteiger partial charge in [-0.1, -0.05) is 13.0 Å². The first-order valence-electron chi connectivity index (χ1n) is 9.76. The number of H-pyrrole nitrogens is 1. The summed E-state index contributed by atoms with van der Waals surface area (Å²) in [4.78, 5) is 19.8. The third kappa shape index (κ3) is 6.58. The number of nitrogens with one attached hydrogen (secondary N) is 2. The molecule has 0 spiro atoms. The van der Waals surface area contributed by atoms with Crippen LogP contribution in [0.2, 0.25) is 0 Å². The first-order chi connectivity index (χ1) is 13.4. The third-order valence-corrected chi connectivity index (χ3v) is 5.06. The highest BCUT2D eigenvalue weighted by molar-refractivity contribution is 7.80. The maximum Gasteiger partial charge on any atom is 0.253 e. The van der Waals surface area contributed by atoms with Gasteiger partial charge in [0.1, 0.15) is 0 Å². The van der Waals surface area contributed by atoms with Gasteiger partial charge in [0.2, 0.25) is 0 Å². The summed E-state index contributed by atoms with van der Waals surface area (Å²) in [5, 5.41) is 5.01. The molecule has 1 heterocycles. The van der Waals surface area contributed by atoms with Crippen molar-refractivity contribution in [2.75, 3.05) is 47.4 Å². The van der Waals surface area contributed by atoms with E-state index in [4.69, 9.17) is 17.0 Å². The van der Waals surface area contributed by atoms with Gasteiger partial charge in [0.15, 0.2) is 5.11 Å². The van der Waals surface area contributed by atoms with Crippen molar-refractivity contribution in [1.29, 1.82) is 0 Å². The predicted molar refractivity (Wildman–Crippen MR) is 120 cm³/mol. The molecule has 0 radical (unpaired) electrons. The van der Waals surface area contributed by atoms with Crippen LogP contribution < -0.4 is 10.9 Å². The lowest BCUT2D eigenvalue weighted by molar-refractivity contribution is 0.195. The number of ether oxygens (including phenoxy) is 1. The van der Waals surface area contributed by atoms with Gasteiger partial charge in [-0.05, 0) is 68.3 Å². The number of rotatable bonds is 10. The van der Waals surface area contributed by atoms with E-state index in [1.807, 2.05) is 26.2 Å². The molecule has 0 amide bonds. The Morgan fingerprint density at radius 3 is 2.71 bits per heavy atom. The molecule has 0 aliphatic rings. The van der Waals surface area contributed by atoms with Crippen LogP contribution in [0, 0.1) is 0 Å². The summed E-state index contributed by atoms with van der Waals surface area (Å²) < 4.78 is 5.09. The molecule has 0 atom stereocenters. The van der Waals surface area contributed by atoms with Crippen LogP contribution in [0.15, 0.2) is 29.1 Å². The SMILES string of the molecule is CCc1ccc2[nH]c(=O)c(CN(CCN(C)C)C(=S)NCCCOC)cc2c1. The van der Waals surface area contributed by atoms with E-state index < -0.39 is 0 Å². The molecule has 154 valence electrons. The number of aromatic nitrogens is 1. The van der Waals surface area contributed by atoms with Crippen LogP contribution in [0.4, 0.5) is 0 Å². The van der Waals surface area contributed by atoms with Gasteiger partial charge in [-0.2, -0.15) is 0 Å². The number of aromatic amines is 1. The van der Waals surface area contributed by atoms with E-state index >= 15 is 0 Å². The maximum absolute atomic E-state index is 12.6. The second kappa shape index (κ2) is 11.1. The molecule has 7 heteroatoms. The Morgan fingerprint density at radius 2 is 2.04 bits per heavy atom. The highest BCUT2D eigenvalue weighted by Crippen LogP contribution is 2.15. The fourth-order valence-electron chi connectivity index (χ4n) is 2.94. The molecule has 6 nitrogen and oxygen atoms in total. The fourth-order valence-corrected chi connectivity index (χ4v) is 3.20. The van der Waals surface area contributed by atoms with Crippen molar-refractivity contribution in [2.24, 2.45) is 0 Å². The number of methoxy groups -OCH3 is 1. The molecule has 2 N–H and O–H groups in total. The standard InChI is InChI=1S/C21H32N4O2S/c1-5-16-7-8-19-17(13-16)14-18(20(26)23-19)15-25(11-10-24(2)3)21(28)22-9-6-12-27-4/h7-8,13-14H,5-6,9-12,15H2,1-4H3,(H,22,28)(H,23,26). The molecule has 0 saturated heterocycles. The van der Waals surface area contributed by atoms with E-state index in [-0.39, 0.29) is 5.56 Å². The van der Waals surface area contributed by atoms with E-state index in [2.05, 4.69) is 39.2 Å². The minimum absolute atomic E-state index is 0.0613. The van der Waals surface area contributed by atoms with E-state index in [1.54, 1.807) is 7.11 Å². The van der Waals surface area contributed by atoms with E-state index in [0.717, 1.165) is 48.9 Å². The van der Waals surface area contributed by atoms with Gasteiger partial charge in [-0.15, -0.1) is 0 Å². The zero-order valence-electron chi connectivity index (χ0n) is 17.4. The van der Waals surface area contributed by atoms with Crippen LogP contribution in [0.1, 0.15) is 24.5 Å². The minimum Gasteiger partial charge on any atom is -0.385 e. The number of nitrogens with zero attached hydrogens (tertiary/aromatic N) is 2. The van der Waals surface area contributed by atoms with Crippen molar-refractivity contribution in [3.8, 4) is 0 Å². The topological polar surface area (TPSA) is 60.6 Å². The van der Waals surface area contributed by atoms with Crippen LogP contribution in [-0.4, -0.2) is 67.3 Å². The molecular formula is C21H32N4O2S. The monoisotopic (exact) mass is 404 g/mol. The van der Waals surface area contributed by atoms with Crippen molar-refractivity contribution in [3.63, 3.8) is 0 Å². The Morgan fingerprint density at radius 1 is 1.25 bits per heavy atom. The summed E-state index contributed by atoms with van der Waals surface area (Å²) in [5.74, 6) is 0. The van der Waals surface area contributed by atoms with Gasteiger partial charge >= 0.3 is 0 Å². The molecule has 2 rings (SSSR count). The first-order valence-corrected chi connectivity index (χ1v) is 10.2. The lowest BCUT2D eigenvalue weighted by Crippen LogP contribution is -2.43. The van der Waals surface area contributed by atoms with Crippen molar-refractivity contribution in [2.45, 2.75) is 26.3 Å². The van der Waals surface area contributed by atoms with Crippen LogP contribution in [0.5, 0.6) is 0 Å². The van der Waals surface area contributed by atoms with Crippen molar-refractivity contribution in [3.05, 3.63) is 45.7 Å². The molecule has 28 heavy (non-hydrogen) atoms. The summed E-state index contributed by atoms with van der Waals surface area (Å²) >= 11 is 5.60. The van der Waals surface area contributed by atoms with E-state index in [9.17, 15) is 4.79 Å². The lowest BCUT2D eigenvalue weighted by atomic mass is 10.1. The number of benzene rings is 1. The summed E-state index contributed by atoms with van der Waals surface area (Å²) in [6.07, 6.45) is 1.85. The Balaban J connectivity index is 2.20. The fraction of sp³-hybridized carbons (Fsp3) is 0.524. The summed E-state index contributed by atoms with van der Waals surface area (Å²) in [7, 11) is 5.75. The van der Waals surface area contributed by atoms with Crippen molar-refractivity contribution < 1.29 is 4.74 Å². The Bertz CT molecular complexity index is 835. The third-order valence-electron chi connectivity index (χ3n) is 4.66. The number of thiocarbonyl (C=S) groups is 1. The average molecular weight is 405 g/mol. The number of likely N-dealkylation sites (N-methyl/N-ethyl adjacent to an activating group) is 1. The molecule has 0 aliphatic carbocycles. The smallest absolute Gasteiger partial charge is 0.253 e. The molecule has 0 bridgehead atoms. The average Bonchev–Trinajstić information content (AvgIpc) is 2.68. The number of hydrogen-bond acceptors (Lipinski definition) is 4. The number of pyridine rings is 1. The van der Waals surface area contributed by atoms with Gasteiger partial charge in [-0.3, -0.25) is 4.79 Å². The largest absolute Gasteiger partial charge is 0.385 e. The summed E-state index contributed by atoms with van der Waals surface area (Å²) in [5.41, 5.74) is 2.78. The highest BCUT2D eigenvalue weighted by atomic mass is 32.1. The first kappa shape index (κ1) is 22.3. The number of fused-ring (bicyclic) bond motifs is 1. The molecule has 0 fully saturated rings. The van der Waals surface area contributed by atoms with Gasteiger partial charge in [-0.25, -0.2) is 0 Å². The quantitative estimate of drug-likeness (QED) is 0.468. The molecule has 1 aromatic carbocycles. The van der Waals surface area contributed by atoms with Gasteiger partial charge in [0.05, 0.1) is 6.54 Å². The van der Waals surface area contributed by atoms with E-state index in [1.165, 1.54) is 5.56 Å². The second-order valence-electron chi connectivity index (χ2n) is 7.20.